The molecule has 2 aromatic carbocycles. The molecule has 0 heterocycles. The first-order valence-corrected chi connectivity index (χ1v) is 7.55. The summed E-state index contributed by atoms with van der Waals surface area (Å²) in [6.07, 6.45) is 0. The highest BCUT2D eigenvalue weighted by Gasteiger charge is 2.16. The Morgan fingerprint density at radius 2 is 1.30 bits per heavy atom. The first-order chi connectivity index (χ1) is 11.2. The maximum Gasteiger partial charge on any atom is 0.315 e. The number of carbonyl (C=O) groups is 2. The van der Waals surface area contributed by atoms with Crippen molar-refractivity contribution in [3.05, 3.63) is 71.8 Å². The van der Waals surface area contributed by atoms with Gasteiger partial charge in [-0.25, -0.2) is 4.79 Å². The summed E-state index contributed by atoms with van der Waals surface area (Å²) in [5.74, 6) is -0.112. The van der Waals surface area contributed by atoms with E-state index in [1.807, 2.05) is 60.7 Å². The molecular formula is C18H21N3O2. The van der Waals surface area contributed by atoms with Crippen LogP contribution >= 0.6 is 0 Å². The Labute approximate surface area is 136 Å². The van der Waals surface area contributed by atoms with Gasteiger partial charge in [0.05, 0.1) is 6.04 Å². The molecule has 0 aliphatic rings. The zero-order valence-corrected chi connectivity index (χ0v) is 13.1. The molecule has 0 aliphatic heterocycles. The minimum Gasteiger partial charge on any atom is -0.355 e. The van der Waals surface area contributed by atoms with E-state index in [4.69, 9.17) is 0 Å². The highest BCUT2D eigenvalue weighted by atomic mass is 16.2. The second kappa shape index (κ2) is 8.58. The van der Waals surface area contributed by atoms with Crippen LogP contribution in [0, 0.1) is 0 Å². The van der Waals surface area contributed by atoms with Crippen molar-refractivity contribution in [2.45, 2.75) is 13.0 Å². The van der Waals surface area contributed by atoms with Crippen molar-refractivity contribution in [2.24, 2.45) is 0 Å². The molecule has 3 amide bonds. The fourth-order valence-electron chi connectivity index (χ4n) is 2.25. The number of hydrogen-bond donors (Lipinski definition) is 3. The average molecular weight is 311 g/mol. The summed E-state index contributed by atoms with van der Waals surface area (Å²) in [5.41, 5.74) is 2.02. The van der Waals surface area contributed by atoms with Gasteiger partial charge in [0.2, 0.25) is 5.91 Å². The minimum absolute atomic E-state index is 0.112. The van der Waals surface area contributed by atoms with E-state index in [0.717, 1.165) is 11.1 Å². The minimum atomic E-state index is -0.270. The number of rotatable bonds is 6. The molecule has 120 valence electrons. The molecular weight excluding hydrogens is 290 g/mol. The van der Waals surface area contributed by atoms with Crippen molar-refractivity contribution in [3.8, 4) is 0 Å². The van der Waals surface area contributed by atoms with Crippen LogP contribution in [-0.2, 0) is 4.79 Å². The molecule has 5 nitrogen and oxygen atoms in total. The molecule has 0 atom stereocenters. The molecule has 0 radical (unpaired) electrons. The van der Waals surface area contributed by atoms with E-state index in [1.54, 1.807) is 0 Å². The molecule has 0 aromatic heterocycles. The van der Waals surface area contributed by atoms with Gasteiger partial charge in [-0.15, -0.1) is 0 Å². The third-order valence-electron chi connectivity index (χ3n) is 3.33. The topological polar surface area (TPSA) is 70.2 Å². The molecule has 3 N–H and O–H groups in total. The van der Waals surface area contributed by atoms with Gasteiger partial charge in [-0.3, -0.25) is 4.79 Å². The van der Waals surface area contributed by atoms with Crippen molar-refractivity contribution < 1.29 is 9.59 Å². The van der Waals surface area contributed by atoms with Crippen molar-refractivity contribution in [1.82, 2.24) is 16.0 Å². The van der Waals surface area contributed by atoms with E-state index in [0.29, 0.717) is 13.1 Å². The summed E-state index contributed by atoms with van der Waals surface area (Å²) in [7, 11) is 0. The van der Waals surface area contributed by atoms with Crippen LogP contribution in [0.4, 0.5) is 4.79 Å². The predicted molar refractivity (Wildman–Crippen MR) is 89.9 cm³/mol. The lowest BCUT2D eigenvalue weighted by atomic mass is 9.99. The molecule has 2 aromatic rings. The van der Waals surface area contributed by atoms with Crippen LogP contribution in [0.5, 0.6) is 0 Å². The highest BCUT2D eigenvalue weighted by Crippen LogP contribution is 2.21. The summed E-state index contributed by atoms with van der Waals surface area (Å²) in [6.45, 7) is 2.23. The van der Waals surface area contributed by atoms with Crippen LogP contribution < -0.4 is 16.0 Å². The SMILES string of the molecule is CC(=O)NCCNC(=O)NC(c1ccccc1)c1ccccc1. The highest BCUT2D eigenvalue weighted by molar-refractivity contribution is 5.75. The van der Waals surface area contributed by atoms with Crippen molar-refractivity contribution >= 4 is 11.9 Å². The maximum absolute atomic E-state index is 12.1. The molecule has 5 heteroatoms. The lowest BCUT2D eigenvalue weighted by Crippen LogP contribution is -2.41. The number of hydrogen-bond acceptors (Lipinski definition) is 2. The monoisotopic (exact) mass is 311 g/mol. The van der Waals surface area contributed by atoms with Crippen molar-refractivity contribution in [1.29, 1.82) is 0 Å². The van der Waals surface area contributed by atoms with Gasteiger partial charge < -0.3 is 16.0 Å². The third-order valence-corrected chi connectivity index (χ3v) is 3.33. The van der Waals surface area contributed by atoms with Crippen molar-refractivity contribution in [2.75, 3.05) is 13.1 Å². The summed E-state index contributed by atoms with van der Waals surface area (Å²) >= 11 is 0. The Morgan fingerprint density at radius 1 is 0.826 bits per heavy atom. The largest absolute Gasteiger partial charge is 0.355 e. The summed E-state index contributed by atoms with van der Waals surface area (Å²) in [5, 5.41) is 8.35. The van der Waals surface area contributed by atoms with E-state index < -0.39 is 0 Å². The lowest BCUT2D eigenvalue weighted by molar-refractivity contribution is -0.118. The van der Waals surface area contributed by atoms with Gasteiger partial charge in [-0.1, -0.05) is 60.7 Å². The summed E-state index contributed by atoms with van der Waals surface area (Å²) in [4.78, 5) is 22.9. The first kappa shape index (κ1) is 16.5. The fraction of sp³-hybridized carbons (Fsp3) is 0.222. The number of benzene rings is 2. The van der Waals surface area contributed by atoms with E-state index >= 15 is 0 Å². The molecule has 0 fully saturated rings. The standard InChI is InChI=1S/C18H21N3O2/c1-14(22)19-12-13-20-18(23)21-17(15-8-4-2-5-9-15)16-10-6-3-7-11-16/h2-11,17H,12-13H2,1H3,(H,19,22)(H2,20,21,23). The van der Waals surface area contributed by atoms with Gasteiger partial charge in [-0.2, -0.15) is 0 Å². The number of urea groups is 1. The van der Waals surface area contributed by atoms with Crippen LogP contribution in [-0.4, -0.2) is 25.0 Å². The van der Waals surface area contributed by atoms with Gasteiger partial charge in [0.15, 0.2) is 0 Å². The van der Waals surface area contributed by atoms with Gasteiger partial charge in [-0.05, 0) is 11.1 Å². The number of carbonyl (C=O) groups excluding carboxylic acids is 2. The predicted octanol–water partition coefficient (Wildman–Crippen LogP) is 2.21. The Morgan fingerprint density at radius 3 is 1.78 bits per heavy atom. The average Bonchev–Trinajstić information content (AvgIpc) is 2.58. The van der Waals surface area contributed by atoms with E-state index in [-0.39, 0.29) is 18.0 Å². The zero-order chi connectivity index (χ0) is 16.5. The quantitative estimate of drug-likeness (QED) is 0.716. The molecule has 0 saturated carbocycles. The Balaban J connectivity index is 2.01. The first-order valence-electron chi connectivity index (χ1n) is 7.55. The van der Waals surface area contributed by atoms with E-state index in [1.165, 1.54) is 6.92 Å². The summed E-state index contributed by atoms with van der Waals surface area (Å²) < 4.78 is 0. The van der Waals surface area contributed by atoms with E-state index in [9.17, 15) is 9.59 Å². The van der Waals surface area contributed by atoms with Gasteiger partial charge in [0, 0.05) is 20.0 Å². The van der Waals surface area contributed by atoms with Crippen LogP contribution in [0.15, 0.2) is 60.7 Å². The third kappa shape index (κ3) is 5.47. The van der Waals surface area contributed by atoms with Crippen LogP contribution in [0.1, 0.15) is 24.1 Å². The maximum atomic E-state index is 12.1. The van der Waals surface area contributed by atoms with Gasteiger partial charge in [0.25, 0.3) is 0 Å². The molecule has 0 aliphatic carbocycles. The fourth-order valence-corrected chi connectivity index (χ4v) is 2.25. The number of nitrogens with one attached hydrogen (secondary N) is 3. The smallest absolute Gasteiger partial charge is 0.315 e. The zero-order valence-electron chi connectivity index (χ0n) is 13.1. The van der Waals surface area contributed by atoms with Gasteiger partial charge in [0.1, 0.15) is 0 Å². The lowest BCUT2D eigenvalue weighted by Gasteiger charge is -2.20. The van der Waals surface area contributed by atoms with E-state index in [2.05, 4.69) is 16.0 Å². The second-order valence-corrected chi connectivity index (χ2v) is 5.14. The molecule has 2 rings (SSSR count). The van der Waals surface area contributed by atoms with Gasteiger partial charge >= 0.3 is 6.03 Å². The van der Waals surface area contributed by atoms with Crippen LogP contribution in [0.2, 0.25) is 0 Å². The molecule has 0 spiro atoms. The molecule has 0 bridgehead atoms. The molecule has 0 saturated heterocycles. The Kier molecular flexibility index (Phi) is 6.17. The Bertz CT molecular complexity index is 590. The molecule has 23 heavy (non-hydrogen) atoms. The van der Waals surface area contributed by atoms with Crippen LogP contribution in [0.25, 0.3) is 0 Å². The Hall–Kier alpha value is -2.82. The number of amides is 3. The summed E-state index contributed by atoms with van der Waals surface area (Å²) in [6, 6.07) is 19.1. The second-order valence-electron chi connectivity index (χ2n) is 5.14. The molecule has 0 unspecified atom stereocenters. The van der Waals surface area contributed by atoms with Crippen LogP contribution in [0.3, 0.4) is 0 Å². The van der Waals surface area contributed by atoms with Crippen molar-refractivity contribution in [3.63, 3.8) is 0 Å². The normalized spacial score (nSPS) is 10.2.